The molecule has 1 N–H and O–H groups in total. The van der Waals surface area contributed by atoms with Gasteiger partial charge in [-0.2, -0.15) is 11.8 Å². The molecule has 16 heavy (non-hydrogen) atoms. The van der Waals surface area contributed by atoms with Gasteiger partial charge in [0.2, 0.25) is 0 Å². The molecule has 4 heteroatoms. The molecule has 2 nitrogen and oxygen atoms in total. The van der Waals surface area contributed by atoms with Crippen LogP contribution in [0.15, 0.2) is 12.1 Å². The fourth-order valence-electron chi connectivity index (χ4n) is 1.98. The monoisotopic (exact) mass is 256 g/mol. The first-order valence-corrected chi connectivity index (χ1v) is 7.17. The summed E-state index contributed by atoms with van der Waals surface area (Å²) >= 11 is 8.13. The van der Waals surface area contributed by atoms with Crippen LogP contribution in [0, 0.1) is 0 Å². The predicted octanol–water partition coefficient (Wildman–Crippen LogP) is 3.95. The smallest absolute Gasteiger partial charge is 0.126 e. The summed E-state index contributed by atoms with van der Waals surface area (Å²) in [4.78, 5) is 4.49. The SMILES string of the molecule is CNc1ccc(Cl)c(CSC2CCCC2)n1. The van der Waals surface area contributed by atoms with Crippen molar-refractivity contribution in [3.63, 3.8) is 0 Å². The van der Waals surface area contributed by atoms with E-state index in [0.29, 0.717) is 0 Å². The third-order valence-electron chi connectivity index (χ3n) is 2.93. The van der Waals surface area contributed by atoms with Crippen molar-refractivity contribution in [2.24, 2.45) is 0 Å². The first kappa shape index (κ1) is 12.1. The van der Waals surface area contributed by atoms with Gasteiger partial charge in [-0.1, -0.05) is 24.4 Å². The van der Waals surface area contributed by atoms with Crippen LogP contribution in [-0.4, -0.2) is 17.3 Å². The molecule has 0 amide bonds. The fourth-order valence-corrected chi connectivity index (χ4v) is 3.51. The number of thioether (sulfide) groups is 1. The highest BCUT2D eigenvalue weighted by Crippen LogP contribution is 2.32. The van der Waals surface area contributed by atoms with Crippen LogP contribution in [0.25, 0.3) is 0 Å². The quantitative estimate of drug-likeness (QED) is 0.883. The lowest BCUT2D eigenvalue weighted by Gasteiger charge is -2.10. The second-order valence-corrected chi connectivity index (χ2v) is 5.79. The van der Waals surface area contributed by atoms with Gasteiger partial charge in [-0.15, -0.1) is 0 Å². The summed E-state index contributed by atoms with van der Waals surface area (Å²) in [7, 11) is 1.88. The first-order chi connectivity index (χ1) is 7.79. The highest BCUT2D eigenvalue weighted by Gasteiger charge is 2.16. The van der Waals surface area contributed by atoms with Gasteiger partial charge in [-0.25, -0.2) is 4.98 Å². The maximum absolute atomic E-state index is 6.14. The third-order valence-corrected chi connectivity index (χ3v) is 4.66. The molecule has 88 valence electrons. The average Bonchev–Trinajstić information content (AvgIpc) is 2.81. The van der Waals surface area contributed by atoms with E-state index < -0.39 is 0 Å². The lowest BCUT2D eigenvalue weighted by atomic mass is 10.3. The van der Waals surface area contributed by atoms with E-state index >= 15 is 0 Å². The summed E-state index contributed by atoms with van der Waals surface area (Å²) in [6, 6.07) is 3.83. The van der Waals surface area contributed by atoms with Crippen LogP contribution in [0.3, 0.4) is 0 Å². The normalized spacial score (nSPS) is 16.6. The van der Waals surface area contributed by atoms with Crippen molar-refractivity contribution < 1.29 is 0 Å². The minimum atomic E-state index is 0.782. The minimum Gasteiger partial charge on any atom is -0.373 e. The second-order valence-electron chi connectivity index (χ2n) is 4.09. The summed E-state index contributed by atoms with van der Waals surface area (Å²) in [6.45, 7) is 0. The van der Waals surface area contributed by atoms with Gasteiger partial charge >= 0.3 is 0 Å². The van der Waals surface area contributed by atoms with E-state index in [1.54, 1.807) is 0 Å². The van der Waals surface area contributed by atoms with Crippen LogP contribution in [0.4, 0.5) is 5.82 Å². The number of aromatic nitrogens is 1. The molecule has 1 fully saturated rings. The number of hydrogen-bond acceptors (Lipinski definition) is 3. The van der Waals surface area contributed by atoms with Crippen LogP contribution < -0.4 is 5.32 Å². The van der Waals surface area contributed by atoms with Crippen molar-refractivity contribution in [1.29, 1.82) is 0 Å². The zero-order valence-corrected chi connectivity index (χ0v) is 11.1. The molecule has 0 spiro atoms. The first-order valence-electron chi connectivity index (χ1n) is 5.74. The summed E-state index contributed by atoms with van der Waals surface area (Å²) in [6.07, 6.45) is 5.48. The number of rotatable bonds is 4. The standard InChI is InChI=1S/C12H17ClN2S/c1-14-12-7-6-10(13)11(15-12)8-16-9-4-2-3-5-9/h6-7,9H,2-5,8H2,1H3,(H,14,15). The summed E-state index contributed by atoms with van der Waals surface area (Å²) in [5.41, 5.74) is 1.01. The second kappa shape index (κ2) is 5.78. The molecule has 0 bridgehead atoms. The molecule has 0 radical (unpaired) electrons. The van der Waals surface area contributed by atoms with E-state index in [1.165, 1.54) is 25.7 Å². The Balaban J connectivity index is 1.96. The van der Waals surface area contributed by atoms with Gasteiger partial charge < -0.3 is 5.32 Å². The van der Waals surface area contributed by atoms with E-state index in [2.05, 4.69) is 10.3 Å². The van der Waals surface area contributed by atoms with E-state index in [0.717, 1.165) is 27.5 Å². The molecule has 1 saturated carbocycles. The van der Waals surface area contributed by atoms with E-state index in [4.69, 9.17) is 11.6 Å². The van der Waals surface area contributed by atoms with Gasteiger partial charge in [-0.05, 0) is 25.0 Å². The van der Waals surface area contributed by atoms with Crippen molar-refractivity contribution in [2.75, 3.05) is 12.4 Å². The zero-order chi connectivity index (χ0) is 11.4. The van der Waals surface area contributed by atoms with Crippen molar-refractivity contribution in [3.05, 3.63) is 22.8 Å². The fraction of sp³-hybridized carbons (Fsp3) is 0.583. The molecular formula is C12H17ClN2S. The maximum atomic E-state index is 6.14. The number of nitrogens with zero attached hydrogens (tertiary/aromatic N) is 1. The van der Waals surface area contributed by atoms with E-state index in [-0.39, 0.29) is 0 Å². The van der Waals surface area contributed by atoms with Gasteiger partial charge in [0, 0.05) is 18.1 Å². The van der Waals surface area contributed by atoms with E-state index in [9.17, 15) is 0 Å². The molecule has 0 atom stereocenters. The Labute approximate surface area is 106 Å². The lowest BCUT2D eigenvalue weighted by molar-refractivity contribution is 0.886. The van der Waals surface area contributed by atoms with Gasteiger partial charge in [0.15, 0.2) is 0 Å². The molecular weight excluding hydrogens is 240 g/mol. The molecule has 1 aromatic rings. The number of anilines is 1. The van der Waals surface area contributed by atoms with Crippen LogP contribution in [0.5, 0.6) is 0 Å². The molecule has 1 aliphatic carbocycles. The summed E-state index contributed by atoms with van der Waals surface area (Å²) in [5.74, 6) is 1.82. The van der Waals surface area contributed by atoms with E-state index in [1.807, 2.05) is 30.9 Å². The van der Waals surface area contributed by atoms with Crippen LogP contribution >= 0.6 is 23.4 Å². The average molecular weight is 257 g/mol. The van der Waals surface area contributed by atoms with Crippen molar-refractivity contribution in [3.8, 4) is 0 Å². The highest BCUT2D eigenvalue weighted by molar-refractivity contribution is 7.99. The Morgan fingerprint density at radius 3 is 2.88 bits per heavy atom. The molecule has 0 aromatic carbocycles. The number of hydrogen-bond donors (Lipinski definition) is 1. The van der Waals surface area contributed by atoms with Crippen molar-refractivity contribution in [2.45, 2.75) is 36.7 Å². The molecule has 1 aromatic heterocycles. The van der Waals surface area contributed by atoms with Crippen LogP contribution in [0.1, 0.15) is 31.4 Å². The largest absolute Gasteiger partial charge is 0.373 e. The topological polar surface area (TPSA) is 24.9 Å². The Morgan fingerprint density at radius 1 is 1.44 bits per heavy atom. The van der Waals surface area contributed by atoms with Crippen molar-refractivity contribution >= 4 is 29.2 Å². The molecule has 1 heterocycles. The van der Waals surface area contributed by atoms with Gasteiger partial charge in [0.25, 0.3) is 0 Å². The Bertz CT molecular complexity index is 351. The molecule has 0 unspecified atom stereocenters. The Kier molecular flexibility index (Phi) is 4.36. The van der Waals surface area contributed by atoms with Gasteiger partial charge in [0.05, 0.1) is 10.7 Å². The zero-order valence-electron chi connectivity index (χ0n) is 9.50. The number of halogens is 1. The molecule has 1 aliphatic rings. The minimum absolute atomic E-state index is 0.782. The summed E-state index contributed by atoms with van der Waals surface area (Å²) in [5, 5.41) is 4.64. The van der Waals surface area contributed by atoms with Gasteiger partial charge in [0.1, 0.15) is 5.82 Å². The molecule has 0 saturated heterocycles. The predicted molar refractivity (Wildman–Crippen MR) is 72.3 cm³/mol. The molecule has 2 rings (SSSR count). The Hall–Kier alpha value is -0.410. The lowest BCUT2D eigenvalue weighted by Crippen LogP contribution is -1.99. The Morgan fingerprint density at radius 2 is 2.19 bits per heavy atom. The van der Waals surface area contributed by atoms with Crippen molar-refractivity contribution in [1.82, 2.24) is 4.98 Å². The number of pyridine rings is 1. The van der Waals surface area contributed by atoms with Crippen LogP contribution in [-0.2, 0) is 5.75 Å². The van der Waals surface area contributed by atoms with Crippen LogP contribution in [0.2, 0.25) is 5.02 Å². The maximum Gasteiger partial charge on any atom is 0.126 e. The number of nitrogens with one attached hydrogen (secondary N) is 1. The highest BCUT2D eigenvalue weighted by atomic mass is 35.5. The third kappa shape index (κ3) is 3.05. The molecule has 0 aliphatic heterocycles. The summed E-state index contributed by atoms with van der Waals surface area (Å²) < 4.78 is 0. The van der Waals surface area contributed by atoms with Gasteiger partial charge in [-0.3, -0.25) is 0 Å².